The van der Waals surface area contributed by atoms with E-state index >= 15 is 0 Å². The van der Waals surface area contributed by atoms with Crippen LogP contribution in [0.5, 0.6) is 0 Å². The number of aliphatic imine (C=N–C) groups is 1. The molecule has 1 saturated heterocycles. The zero-order chi connectivity index (χ0) is 21.5. The van der Waals surface area contributed by atoms with Gasteiger partial charge < -0.3 is 15.4 Å². The molecule has 0 spiro atoms. The molecule has 2 N–H and O–H groups in total. The third kappa shape index (κ3) is 8.32. The van der Waals surface area contributed by atoms with Gasteiger partial charge in [-0.1, -0.05) is 19.3 Å². The van der Waals surface area contributed by atoms with Gasteiger partial charge in [0.15, 0.2) is 11.7 Å². The molecule has 0 aromatic carbocycles. The Labute approximate surface area is 203 Å². The molecule has 1 aromatic heterocycles. The highest BCUT2D eigenvalue weighted by atomic mass is 127. The number of hydrogen-bond donors (Lipinski definition) is 2. The molecule has 2 fully saturated rings. The van der Waals surface area contributed by atoms with Crippen molar-refractivity contribution in [2.45, 2.75) is 51.7 Å². The fourth-order valence-electron chi connectivity index (χ4n) is 4.20. The molecule has 2 aliphatic rings. The van der Waals surface area contributed by atoms with Crippen LogP contribution in [0.15, 0.2) is 10.4 Å². The largest absolute Gasteiger partial charge is 0.434 e. The van der Waals surface area contributed by atoms with Crippen molar-refractivity contribution < 1.29 is 17.9 Å². The lowest BCUT2D eigenvalue weighted by molar-refractivity contribution is -0.140. The maximum Gasteiger partial charge on any atom is 0.434 e. The first-order valence-electron chi connectivity index (χ1n) is 10.7. The summed E-state index contributed by atoms with van der Waals surface area (Å²) in [7, 11) is 0. The minimum atomic E-state index is -4.41. The molecule has 3 rings (SSSR count). The molecule has 31 heavy (non-hydrogen) atoms. The maximum atomic E-state index is 12.8. The number of hydrogen-bond acceptors (Lipinski definition) is 5. The normalized spacial score (nSPS) is 20.2. The molecular weight excluding hydrogens is 542 g/mol. The summed E-state index contributed by atoms with van der Waals surface area (Å²) < 4.78 is 43.7. The zero-order valence-corrected chi connectivity index (χ0v) is 21.1. The van der Waals surface area contributed by atoms with E-state index in [2.05, 4.69) is 25.5 Å². The Kier molecular flexibility index (Phi) is 10.8. The lowest BCUT2D eigenvalue weighted by Gasteiger charge is -2.42. The van der Waals surface area contributed by atoms with E-state index < -0.39 is 11.9 Å². The van der Waals surface area contributed by atoms with E-state index in [1.807, 2.05) is 6.92 Å². The fraction of sp³-hybridized carbons (Fsp3) is 0.800. The van der Waals surface area contributed by atoms with E-state index in [1.54, 1.807) is 0 Å². The van der Waals surface area contributed by atoms with Gasteiger partial charge in [0.25, 0.3) is 0 Å². The van der Waals surface area contributed by atoms with Gasteiger partial charge in [-0.05, 0) is 19.8 Å². The first kappa shape index (κ1) is 26.6. The first-order chi connectivity index (χ1) is 14.4. The van der Waals surface area contributed by atoms with Gasteiger partial charge in [-0.15, -0.1) is 35.3 Å². The predicted molar refractivity (Wildman–Crippen MR) is 128 cm³/mol. The van der Waals surface area contributed by atoms with E-state index in [0.717, 1.165) is 56.1 Å². The van der Waals surface area contributed by atoms with E-state index in [0.29, 0.717) is 17.5 Å². The summed E-state index contributed by atoms with van der Waals surface area (Å²) >= 11 is 0.993. The van der Waals surface area contributed by atoms with E-state index in [-0.39, 0.29) is 35.9 Å². The Bertz CT molecular complexity index is 689. The summed E-state index contributed by atoms with van der Waals surface area (Å²) in [5, 5.41) is 8.08. The Balaban J connectivity index is 0.00000341. The van der Waals surface area contributed by atoms with Crippen LogP contribution in [0.25, 0.3) is 0 Å². The summed E-state index contributed by atoms with van der Waals surface area (Å²) in [6.07, 6.45) is 1.70. The van der Waals surface area contributed by atoms with Crippen LogP contribution in [0.3, 0.4) is 0 Å². The Morgan fingerprint density at radius 2 is 1.94 bits per heavy atom. The summed E-state index contributed by atoms with van der Waals surface area (Å²) in [6.45, 7) is 8.19. The number of aromatic nitrogens is 1. The number of thiazole rings is 1. The van der Waals surface area contributed by atoms with Crippen LogP contribution < -0.4 is 10.6 Å². The van der Waals surface area contributed by atoms with Gasteiger partial charge >= 0.3 is 6.18 Å². The Morgan fingerprint density at radius 1 is 1.23 bits per heavy atom. The number of ether oxygens (including phenoxy) is 1. The monoisotopic (exact) mass is 575 g/mol. The summed E-state index contributed by atoms with van der Waals surface area (Å²) in [6, 6.07) is 0. The SMILES string of the molecule is CCNC(=NCc1nc(C(F)(F)F)cs1)NCC1(CN2CCOCC2)CCCCC1.I. The van der Waals surface area contributed by atoms with Crippen LogP contribution in [0, 0.1) is 5.41 Å². The lowest BCUT2D eigenvalue weighted by Crippen LogP contribution is -2.51. The Morgan fingerprint density at radius 3 is 2.55 bits per heavy atom. The highest BCUT2D eigenvalue weighted by Crippen LogP contribution is 2.37. The summed E-state index contributed by atoms with van der Waals surface area (Å²) in [5.41, 5.74) is -0.654. The molecule has 0 radical (unpaired) electrons. The number of nitrogens with one attached hydrogen (secondary N) is 2. The van der Waals surface area contributed by atoms with Crippen molar-refractivity contribution in [1.82, 2.24) is 20.5 Å². The van der Waals surface area contributed by atoms with Crippen LogP contribution in [0.1, 0.15) is 49.7 Å². The second kappa shape index (κ2) is 12.5. The van der Waals surface area contributed by atoms with Crippen LogP contribution in [-0.2, 0) is 17.5 Å². The third-order valence-electron chi connectivity index (χ3n) is 5.77. The third-order valence-corrected chi connectivity index (χ3v) is 6.60. The maximum absolute atomic E-state index is 12.8. The zero-order valence-electron chi connectivity index (χ0n) is 18.0. The van der Waals surface area contributed by atoms with Crippen LogP contribution >= 0.6 is 35.3 Å². The highest BCUT2D eigenvalue weighted by Gasteiger charge is 2.35. The average molecular weight is 575 g/mol. The van der Waals surface area contributed by atoms with Crippen LogP contribution in [-0.4, -0.2) is 61.8 Å². The van der Waals surface area contributed by atoms with Gasteiger partial charge in [0.05, 0.1) is 19.8 Å². The standard InChI is InChI=1S/C20H32F3N5OS.HI/c1-2-24-18(25-12-17-27-16(13-30-17)20(21,22)23)26-14-19(6-4-3-5-7-19)15-28-8-10-29-11-9-28;/h13H,2-12,14-15H2,1H3,(H2,24,25,26);1H. The van der Waals surface area contributed by atoms with Gasteiger partial charge in [0.1, 0.15) is 5.01 Å². The van der Waals surface area contributed by atoms with Crippen LogP contribution in [0.4, 0.5) is 13.2 Å². The van der Waals surface area contributed by atoms with E-state index in [1.165, 1.54) is 32.1 Å². The second-order valence-corrected chi connectivity index (χ2v) is 9.06. The molecule has 2 heterocycles. The topological polar surface area (TPSA) is 61.8 Å². The van der Waals surface area contributed by atoms with Crippen molar-refractivity contribution in [1.29, 1.82) is 0 Å². The number of rotatable bonds is 7. The molecule has 0 bridgehead atoms. The minimum absolute atomic E-state index is 0. The van der Waals surface area contributed by atoms with Crippen molar-refractivity contribution in [2.75, 3.05) is 45.9 Å². The van der Waals surface area contributed by atoms with Gasteiger partial charge in [0.2, 0.25) is 0 Å². The second-order valence-electron chi connectivity index (χ2n) is 8.12. The molecule has 178 valence electrons. The van der Waals surface area contributed by atoms with Gasteiger partial charge in [-0.25, -0.2) is 9.98 Å². The summed E-state index contributed by atoms with van der Waals surface area (Å²) in [5.74, 6) is 0.633. The van der Waals surface area contributed by atoms with Gasteiger partial charge in [-0.3, -0.25) is 4.90 Å². The van der Waals surface area contributed by atoms with Crippen molar-refractivity contribution in [3.05, 3.63) is 16.1 Å². The molecule has 1 saturated carbocycles. The van der Waals surface area contributed by atoms with E-state index in [4.69, 9.17) is 4.74 Å². The molecular formula is C20H33F3IN5OS. The number of morpholine rings is 1. The van der Waals surface area contributed by atoms with Gasteiger partial charge in [0, 0.05) is 43.5 Å². The number of halogens is 4. The molecule has 11 heteroatoms. The van der Waals surface area contributed by atoms with Crippen LogP contribution in [0.2, 0.25) is 0 Å². The number of nitrogens with zero attached hydrogens (tertiary/aromatic N) is 3. The molecule has 0 amide bonds. The quantitative estimate of drug-likeness (QED) is 0.291. The molecule has 0 unspecified atom stereocenters. The van der Waals surface area contributed by atoms with Gasteiger partial charge in [-0.2, -0.15) is 13.2 Å². The first-order valence-corrected chi connectivity index (χ1v) is 11.6. The van der Waals surface area contributed by atoms with Crippen molar-refractivity contribution in [2.24, 2.45) is 10.4 Å². The lowest BCUT2D eigenvalue weighted by atomic mass is 9.73. The van der Waals surface area contributed by atoms with E-state index in [9.17, 15) is 13.2 Å². The summed E-state index contributed by atoms with van der Waals surface area (Å²) in [4.78, 5) is 10.6. The Hall–Kier alpha value is -0.660. The molecule has 0 atom stereocenters. The molecule has 1 aliphatic heterocycles. The fourth-order valence-corrected chi connectivity index (χ4v) is 4.92. The number of alkyl halides is 3. The average Bonchev–Trinajstić information content (AvgIpc) is 3.21. The molecule has 1 aromatic rings. The molecule has 6 nitrogen and oxygen atoms in total. The van der Waals surface area contributed by atoms with Crippen molar-refractivity contribution in [3.8, 4) is 0 Å². The smallest absolute Gasteiger partial charge is 0.379 e. The minimum Gasteiger partial charge on any atom is -0.379 e. The number of guanidine groups is 1. The van der Waals surface area contributed by atoms with Crippen molar-refractivity contribution in [3.63, 3.8) is 0 Å². The molecule has 1 aliphatic carbocycles. The highest BCUT2D eigenvalue weighted by molar-refractivity contribution is 14.0. The predicted octanol–water partition coefficient (Wildman–Crippen LogP) is 4.12. The van der Waals surface area contributed by atoms with Crippen molar-refractivity contribution >= 4 is 41.3 Å².